The van der Waals surface area contributed by atoms with E-state index in [1.165, 1.54) is 0 Å². The minimum absolute atomic E-state index is 0.239. The van der Waals surface area contributed by atoms with E-state index in [4.69, 9.17) is 17.9 Å². The molecule has 2 heterocycles. The summed E-state index contributed by atoms with van der Waals surface area (Å²) >= 11 is -1.65. The number of nitrogens with zero attached hydrogens (tertiary/aromatic N) is 1. The Kier molecular flexibility index (Phi) is 4.41. The maximum absolute atomic E-state index is 11.0. The van der Waals surface area contributed by atoms with Crippen LogP contribution in [0.3, 0.4) is 0 Å². The monoisotopic (exact) mass is 297 g/mol. The molecule has 2 aliphatic rings. The van der Waals surface area contributed by atoms with Crippen molar-refractivity contribution in [3.05, 3.63) is 35.9 Å². The van der Waals surface area contributed by atoms with E-state index in [0.717, 1.165) is 11.3 Å². The van der Waals surface area contributed by atoms with Crippen LogP contribution in [0.4, 0.5) is 0 Å². The van der Waals surface area contributed by atoms with E-state index in [9.17, 15) is 4.21 Å². The Hall–Kier alpha value is -1.28. The zero-order chi connectivity index (χ0) is 13.8. The van der Waals surface area contributed by atoms with Crippen LogP contribution < -0.4 is 0 Å². The fourth-order valence-electron chi connectivity index (χ4n) is 2.04. The van der Waals surface area contributed by atoms with Crippen molar-refractivity contribution < 1.29 is 22.1 Å². The molecule has 20 heavy (non-hydrogen) atoms. The first-order valence-electron chi connectivity index (χ1n) is 6.36. The van der Waals surface area contributed by atoms with E-state index in [-0.39, 0.29) is 18.8 Å². The summed E-state index contributed by atoms with van der Waals surface area (Å²) in [5.74, 6) is 0. The van der Waals surface area contributed by atoms with Gasteiger partial charge >= 0.3 is 11.4 Å². The average Bonchev–Trinajstić information content (AvgIpc) is 3.09. The Morgan fingerprint density at radius 3 is 2.85 bits per heavy atom. The molecule has 1 saturated heterocycles. The second-order valence-electron chi connectivity index (χ2n) is 4.61. The number of hydrogen-bond acceptors (Lipinski definition) is 6. The summed E-state index contributed by atoms with van der Waals surface area (Å²) in [4.78, 5) is 5.27. The van der Waals surface area contributed by atoms with Crippen LogP contribution in [0.15, 0.2) is 35.5 Å². The highest BCUT2D eigenvalue weighted by Crippen LogP contribution is 2.22. The molecular formula is C13H15NO5S. The Balaban J connectivity index is 1.40. The highest BCUT2D eigenvalue weighted by atomic mass is 32.2. The molecule has 1 aromatic carbocycles. The molecule has 0 aliphatic carbocycles. The average molecular weight is 297 g/mol. The number of oxime groups is 1. The Morgan fingerprint density at radius 2 is 2.10 bits per heavy atom. The third-order valence-corrected chi connectivity index (χ3v) is 3.81. The highest BCUT2D eigenvalue weighted by molar-refractivity contribution is 7.75. The first kappa shape index (κ1) is 13.7. The lowest BCUT2D eigenvalue weighted by Crippen LogP contribution is -2.28. The first-order valence-corrected chi connectivity index (χ1v) is 7.36. The van der Waals surface area contributed by atoms with Gasteiger partial charge in [-0.25, -0.2) is 0 Å². The van der Waals surface area contributed by atoms with Crippen LogP contribution >= 0.6 is 0 Å². The summed E-state index contributed by atoms with van der Waals surface area (Å²) in [5.41, 5.74) is 1.94. The summed E-state index contributed by atoms with van der Waals surface area (Å²) in [6.07, 6.45) is 0.0444. The minimum Gasteiger partial charge on any atom is -0.389 e. The van der Waals surface area contributed by atoms with Gasteiger partial charge in [-0.15, -0.1) is 0 Å². The third kappa shape index (κ3) is 3.43. The van der Waals surface area contributed by atoms with Gasteiger partial charge in [-0.3, -0.25) is 8.37 Å². The quantitative estimate of drug-likeness (QED) is 0.820. The fraction of sp³-hybridized carbons (Fsp3) is 0.462. The van der Waals surface area contributed by atoms with Gasteiger partial charge in [0.2, 0.25) is 0 Å². The lowest BCUT2D eigenvalue weighted by Gasteiger charge is -2.11. The second-order valence-corrected chi connectivity index (χ2v) is 5.44. The standard InChI is InChI=1S/C13H15NO5S/c15-20-17-9-13(19-20)12-6-11(14-18-12)8-16-7-10-4-2-1-3-5-10/h1-5,12-13H,6-9H2/t12-,13+,20?/m0/s1. The molecule has 0 bridgehead atoms. The molecule has 7 heteroatoms. The van der Waals surface area contributed by atoms with E-state index in [1.807, 2.05) is 30.3 Å². The smallest absolute Gasteiger partial charge is 0.305 e. The van der Waals surface area contributed by atoms with Gasteiger partial charge in [-0.2, -0.15) is 4.21 Å². The van der Waals surface area contributed by atoms with Gasteiger partial charge in [0.05, 0.1) is 25.5 Å². The van der Waals surface area contributed by atoms with E-state index >= 15 is 0 Å². The molecule has 6 nitrogen and oxygen atoms in total. The molecular weight excluding hydrogens is 282 g/mol. The number of ether oxygens (including phenoxy) is 1. The largest absolute Gasteiger partial charge is 0.389 e. The molecule has 2 aliphatic heterocycles. The van der Waals surface area contributed by atoms with Crippen molar-refractivity contribution in [2.24, 2.45) is 5.16 Å². The maximum Gasteiger partial charge on any atom is 0.305 e. The zero-order valence-corrected chi connectivity index (χ0v) is 11.6. The normalized spacial score (nSPS) is 29.2. The molecule has 0 spiro atoms. The summed E-state index contributed by atoms with van der Waals surface area (Å²) in [5, 5.41) is 3.98. The third-order valence-electron chi connectivity index (χ3n) is 3.08. The number of rotatable bonds is 5. The molecule has 0 aromatic heterocycles. The van der Waals surface area contributed by atoms with Crippen molar-refractivity contribution >= 4 is 17.1 Å². The Morgan fingerprint density at radius 1 is 1.25 bits per heavy atom. The molecule has 0 N–H and O–H groups in total. The van der Waals surface area contributed by atoms with Gasteiger partial charge in [-0.1, -0.05) is 35.5 Å². The first-order chi connectivity index (χ1) is 9.81. The second kappa shape index (κ2) is 6.45. The predicted octanol–water partition coefficient (Wildman–Crippen LogP) is 1.34. The van der Waals surface area contributed by atoms with Crippen LogP contribution in [-0.2, 0) is 35.9 Å². The fourth-order valence-corrected chi connectivity index (χ4v) is 2.73. The van der Waals surface area contributed by atoms with Gasteiger partial charge in [0.1, 0.15) is 6.10 Å². The molecule has 0 saturated carbocycles. The molecule has 1 aromatic rings. The molecule has 0 radical (unpaired) electrons. The van der Waals surface area contributed by atoms with Crippen LogP contribution in [-0.4, -0.2) is 35.3 Å². The van der Waals surface area contributed by atoms with Gasteiger partial charge in [0.25, 0.3) is 0 Å². The van der Waals surface area contributed by atoms with Gasteiger partial charge < -0.3 is 9.57 Å². The lowest BCUT2D eigenvalue weighted by molar-refractivity contribution is 0.00602. The summed E-state index contributed by atoms with van der Waals surface area (Å²) in [6, 6.07) is 9.94. The SMILES string of the molecule is O=S1OC[C@H]([C@@H]2CC(COCc3ccccc3)=NO2)O1. The van der Waals surface area contributed by atoms with Crippen LogP contribution in [0, 0.1) is 0 Å². The predicted molar refractivity (Wildman–Crippen MR) is 72.0 cm³/mol. The molecule has 0 amide bonds. The summed E-state index contributed by atoms with van der Waals surface area (Å²) in [6.45, 7) is 1.23. The van der Waals surface area contributed by atoms with Crippen molar-refractivity contribution in [1.82, 2.24) is 0 Å². The Bertz CT molecular complexity index is 507. The molecule has 3 atom stereocenters. The van der Waals surface area contributed by atoms with Crippen molar-refractivity contribution in [3.8, 4) is 0 Å². The zero-order valence-electron chi connectivity index (χ0n) is 10.8. The number of benzene rings is 1. The highest BCUT2D eigenvalue weighted by Gasteiger charge is 2.36. The van der Waals surface area contributed by atoms with Crippen LogP contribution in [0.25, 0.3) is 0 Å². The lowest BCUT2D eigenvalue weighted by atomic mass is 10.1. The molecule has 1 unspecified atom stereocenters. The van der Waals surface area contributed by atoms with Crippen molar-refractivity contribution in [1.29, 1.82) is 0 Å². The van der Waals surface area contributed by atoms with Crippen molar-refractivity contribution in [2.75, 3.05) is 13.2 Å². The van der Waals surface area contributed by atoms with Gasteiger partial charge in [0.15, 0.2) is 6.10 Å². The molecule has 1 fully saturated rings. The van der Waals surface area contributed by atoms with Crippen molar-refractivity contribution in [3.63, 3.8) is 0 Å². The van der Waals surface area contributed by atoms with Crippen LogP contribution in [0.5, 0.6) is 0 Å². The molecule has 3 rings (SSSR count). The van der Waals surface area contributed by atoms with E-state index < -0.39 is 11.4 Å². The van der Waals surface area contributed by atoms with Gasteiger partial charge in [0, 0.05) is 6.42 Å². The van der Waals surface area contributed by atoms with Crippen LogP contribution in [0.2, 0.25) is 0 Å². The van der Waals surface area contributed by atoms with Gasteiger partial charge in [-0.05, 0) is 5.56 Å². The topological polar surface area (TPSA) is 66.4 Å². The Labute approximate surface area is 119 Å². The minimum atomic E-state index is -1.65. The van der Waals surface area contributed by atoms with E-state index in [0.29, 0.717) is 19.6 Å². The number of hydrogen-bond donors (Lipinski definition) is 0. The van der Waals surface area contributed by atoms with Crippen molar-refractivity contribution in [2.45, 2.75) is 25.2 Å². The molecule has 108 valence electrons. The van der Waals surface area contributed by atoms with Crippen LogP contribution in [0.1, 0.15) is 12.0 Å². The van der Waals surface area contributed by atoms with E-state index in [2.05, 4.69) is 5.16 Å². The maximum atomic E-state index is 11.0. The summed E-state index contributed by atoms with van der Waals surface area (Å²) < 4.78 is 26.5. The van der Waals surface area contributed by atoms with E-state index in [1.54, 1.807) is 0 Å². The summed E-state index contributed by atoms with van der Waals surface area (Å²) in [7, 11) is 0.